The summed E-state index contributed by atoms with van der Waals surface area (Å²) >= 11 is 3.10. The molecule has 0 radical (unpaired) electrons. The smallest absolute Gasteiger partial charge is 0.408 e. The van der Waals surface area contributed by atoms with Gasteiger partial charge in [-0.2, -0.15) is 0 Å². The number of aliphatic hydroxyl groups excluding tert-OH is 1. The largest absolute Gasteiger partial charge is 0.443 e. The van der Waals surface area contributed by atoms with Gasteiger partial charge in [0.05, 0.1) is 28.4 Å². The highest BCUT2D eigenvalue weighted by Crippen LogP contribution is 2.21. The molecule has 0 bridgehead atoms. The quantitative estimate of drug-likeness (QED) is 0.181. The minimum atomic E-state index is -1.02. The van der Waals surface area contributed by atoms with Gasteiger partial charge in [-0.15, -0.1) is 22.7 Å². The van der Waals surface area contributed by atoms with E-state index >= 15 is 0 Å². The van der Waals surface area contributed by atoms with Gasteiger partial charge in [-0.3, -0.25) is 24.4 Å². The molecule has 12 nitrogen and oxygen atoms in total. The van der Waals surface area contributed by atoms with Gasteiger partial charge in [0, 0.05) is 60.6 Å². The lowest BCUT2D eigenvalue weighted by atomic mass is 9.97. The molecule has 0 saturated carbocycles. The number of β-amino-alcohol motifs (C(OH)–C–C–N with tert-alkyl or cyclic N) is 1. The number of amides is 3. The van der Waals surface area contributed by atoms with Crippen molar-refractivity contribution in [1.82, 2.24) is 35.7 Å². The number of hydrogen-bond donors (Lipinski definition) is 4. The van der Waals surface area contributed by atoms with Gasteiger partial charge in [0.1, 0.15) is 18.7 Å². The molecule has 1 saturated heterocycles. The summed E-state index contributed by atoms with van der Waals surface area (Å²) in [5, 5.41) is 23.5. The van der Waals surface area contributed by atoms with Crippen LogP contribution in [0.2, 0.25) is 0 Å². The fourth-order valence-corrected chi connectivity index (χ4v) is 7.23. The second kappa shape index (κ2) is 18.2. The average molecular weight is 728 g/mol. The number of carbonyl (C=O) groups is 3. The van der Waals surface area contributed by atoms with Crippen molar-refractivity contribution < 1.29 is 24.2 Å². The van der Waals surface area contributed by atoms with E-state index in [1.165, 1.54) is 11.3 Å². The highest BCUT2D eigenvalue weighted by molar-refractivity contribution is 7.09. The molecule has 14 heteroatoms. The van der Waals surface area contributed by atoms with Gasteiger partial charge in [-0.05, 0) is 38.7 Å². The van der Waals surface area contributed by atoms with Crippen LogP contribution in [-0.2, 0) is 33.9 Å². The van der Waals surface area contributed by atoms with Crippen LogP contribution in [0.3, 0.4) is 0 Å². The Labute approximate surface area is 304 Å². The van der Waals surface area contributed by atoms with Gasteiger partial charge in [0.2, 0.25) is 11.8 Å². The lowest BCUT2D eigenvalue weighted by Crippen LogP contribution is -2.63. The highest BCUT2D eigenvalue weighted by Gasteiger charge is 2.37. The predicted molar refractivity (Wildman–Crippen MR) is 197 cm³/mol. The number of nitrogens with zero attached hydrogens (tertiary/aromatic N) is 4. The number of hydrogen-bond acceptors (Lipinski definition) is 11. The van der Waals surface area contributed by atoms with Crippen LogP contribution in [0, 0.1) is 5.92 Å². The second-order valence-corrected chi connectivity index (χ2v) is 16.5. The molecule has 3 heterocycles. The van der Waals surface area contributed by atoms with E-state index in [-0.39, 0.29) is 30.9 Å². The number of aromatic nitrogens is 2. The SMILES string of the molecule is CC(C)c1nc(COC(=O)N[C@@H](C(=O)N[C@@H](Cc2ccccc2)[C@H](O)CN2CCN(Cc3cncs3)C[C@H]2C(=O)NC(C)(C)C)C(C)C)cs1. The van der Waals surface area contributed by atoms with E-state index in [2.05, 4.69) is 44.7 Å². The van der Waals surface area contributed by atoms with Crippen LogP contribution in [0.5, 0.6) is 0 Å². The Morgan fingerprint density at radius 3 is 2.42 bits per heavy atom. The molecule has 0 unspecified atom stereocenters. The molecule has 4 atom stereocenters. The molecule has 1 fully saturated rings. The van der Waals surface area contributed by atoms with Gasteiger partial charge < -0.3 is 25.8 Å². The molecule has 4 rings (SSSR count). The first-order valence-corrected chi connectivity index (χ1v) is 19.0. The van der Waals surface area contributed by atoms with E-state index in [0.29, 0.717) is 38.3 Å². The molecule has 1 aliphatic rings. The summed E-state index contributed by atoms with van der Waals surface area (Å²) in [7, 11) is 0. The number of thiazole rings is 2. The zero-order valence-corrected chi connectivity index (χ0v) is 31.9. The van der Waals surface area contributed by atoms with Crippen molar-refractivity contribution in [2.45, 2.75) is 104 Å². The van der Waals surface area contributed by atoms with Gasteiger partial charge >= 0.3 is 6.09 Å². The first kappa shape index (κ1) is 39.4. The highest BCUT2D eigenvalue weighted by atomic mass is 32.1. The van der Waals surface area contributed by atoms with Crippen molar-refractivity contribution in [3.05, 3.63) is 68.6 Å². The lowest BCUT2D eigenvalue weighted by Gasteiger charge is -2.43. The number of benzene rings is 1. The molecular formula is C36H53N7O5S2. The van der Waals surface area contributed by atoms with Crippen LogP contribution in [0.4, 0.5) is 4.79 Å². The Balaban J connectivity index is 1.46. The molecule has 3 amide bonds. The number of carbonyl (C=O) groups excluding carboxylic acids is 3. The van der Waals surface area contributed by atoms with Crippen LogP contribution in [-0.4, -0.2) is 98.7 Å². The van der Waals surface area contributed by atoms with E-state index in [4.69, 9.17) is 4.74 Å². The Morgan fingerprint density at radius 2 is 1.80 bits per heavy atom. The molecule has 274 valence electrons. The Kier molecular flexibility index (Phi) is 14.3. The fraction of sp³-hybridized carbons (Fsp3) is 0.583. The maximum atomic E-state index is 13.8. The van der Waals surface area contributed by atoms with Gasteiger partial charge in [-0.1, -0.05) is 58.0 Å². The third-order valence-corrected chi connectivity index (χ3v) is 10.3. The molecule has 4 N–H and O–H groups in total. The van der Waals surface area contributed by atoms with Crippen LogP contribution in [0.1, 0.15) is 75.5 Å². The summed E-state index contributed by atoms with van der Waals surface area (Å²) in [6, 6.07) is 7.52. The number of rotatable bonds is 15. The summed E-state index contributed by atoms with van der Waals surface area (Å²) in [5.74, 6) is -0.519. The average Bonchev–Trinajstić information content (AvgIpc) is 3.75. The molecule has 2 aromatic heterocycles. The third kappa shape index (κ3) is 12.1. The van der Waals surface area contributed by atoms with Crippen molar-refractivity contribution in [2.75, 3.05) is 26.2 Å². The van der Waals surface area contributed by atoms with Crippen molar-refractivity contribution in [3.63, 3.8) is 0 Å². The van der Waals surface area contributed by atoms with Crippen LogP contribution in [0.15, 0.2) is 47.4 Å². The molecule has 0 aliphatic carbocycles. The standard InChI is InChI=1S/C36H53N7O5S2/c1-23(2)31(40-35(47)48-20-26-21-49-34(38-26)24(3)4)33(46)39-28(15-25-11-9-8-10-12-25)30(44)19-43-14-13-42(17-27-16-37-22-50-27)18-29(43)32(45)41-36(5,6)7/h8-12,16,21-24,28-31,44H,13-15,17-20H2,1-7H3,(H,39,46)(H,40,47)(H,41,45)/t28-,29-,30+,31+/m0/s1. The summed E-state index contributed by atoms with van der Waals surface area (Å²) in [6.45, 7) is 16.3. The zero-order valence-electron chi connectivity index (χ0n) is 30.2. The number of alkyl carbamates (subject to hydrolysis) is 1. The molecule has 3 aromatic rings. The Hall–Kier alpha value is -3.43. The zero-order chi connectivity index (χ0) is 36.4. The monoisotopic (exact) mass is 727 g/mol. The molecule has 1 aromatic carbocycles. The van der Waals surface area contributed by atoms with Crippen molar-refractivity contribution >= 4 is 40.6 Å². The number of piperazine rings is 1. The van der Waals surface area contributed by atoms with E-state index in [1.54, 1.807) is 16.8 Å². The van der Waals surface area contributed by atoms with Crippen molar-refractivity contribution in [2.24, 2.45) is 5.92 Å². The van der Waals surface area contributed by atoms with E-state index in [9.17, 15) is 19.5 Å². The summed E-state index contributed by atoms with van der Waals surface area (Å²) in [4.78, 5) is 54.3. The maximum Gasteiger partial charge on any atom is 0.408 e. The van der Waals surface area contributed by atoms with E-state index in [0.717, 1.165) is 15.4 Å². The van der Waals surface area contributed by atoms with Crippen molar-refractivity contribution in [1.29, 1.82) is 0 Å². The Morgan fingerprint density at radius 1 is 1.06 bits per heavy atom. The number of nitrogens with one attached hydrogen (secondary N) is 3. The minimum Gasteiger partial charge on any atom is -0.443 e. The molecule has 0 spiro atoms. The Bertz CT molecular complexity index is 1510. The third-order valence-electron chi connectivity index (χ3n) is 8.39. The van der Waals surface area contributed by atoms with E-state index < -0.39 is 41.8 Å². The van der Waals surface area contributed by atoms with Crippen molar-refractivity contribution in [3.8, 4) is 0 Å². The van der Waals surface area contributed by atoms with E-state index in [1.807, 2.05) is 81.4 Å². The minimum absolute atomic E-state index is 0.00172. The fourth-order valence-electron chi connectivity index (χ4n) is 5.77. The normalized spacial score (nSPS) is 17.7. The molecular weight excluding hydrogens is 675 g/mol. The van der Waals surface area contributed by atoms with Crippen LogP contribution < -0.4 is 16.0 Å². The first-order valence-electron chi connectivity index (χ1n) is 17.2. The van der Waals surface area contributed by atoms with Gasteiger partial charge in [0.15, 0.2) is 0 Å². The summed E-state index contributed by atoms with van der Waals surface area (Å²) < 4.78 is 5.42. The predicted octanol–water partition coefficient (Wildman–Crippen LogP) is 4.16. The number of ether oxygens (including phenoxy) is 1. The maximum absolute atomic E-state index is 13.8. The topological polar surface area (TPSA) is 149 Å². The van der Waals surface area contributed by atoms with Gasteiger partial charge in [0.25, 0.3) is 0 Å². The lowest BCUT2D eigenvalue weighted by molar-refractivity contribution is -0.132. The number of aliphatic hydroxyl groups is 1. The summed E-state index contributed by atoms with van der Waals surface area (Å²) in [6.07, 6.45) is 0.470. The van der Waals surface area contributed by atoms with Crippen LogP contribution in [0.25, 0.3) is 0 Å². The first-order chi connectivity index (χ1) is 23.7. The summed E-state index contributed by atoms with van der Waals surface area (Å²) in [5.41, 5.74) is 2.97. The van der Waals surface area contributed by atoms with Crippen LogP contribution >= 0.6 is 22.7 Å². The molecule has 50 heavy (non-hydrogen) atoms. The van der Waals surface area contributed by atoms with Gasteiger partial charge in [-0.25, -0.2) is 9.78 Å². The second-order valence-electron chi connectivity index (χ2n) is 14.6. The molecule has 1 aliphatic heterocycles.